The number of carboxylic acids is 1. The zero-order valence-corrected chi connectivity index (χ0v) is 55.5. The second kappa shape index (κ2) is 65.7. The summed E-state index contributed by atoms with van der Waals surface area (Å²) in [5.74, 6) is -2.04. The van der Waals surface area contributed by atoms with Gasteiger partial charge in [-0.15, -0.1) is 0 Å². The van der Waals surface area contributed by atoms with Crippen LogP contribution in [0.25, 0.3) is 0 Å². The summed E-state index contributed by atoms with van der Waals surface area (Å²) in [5.41, 5.74) is 0. The van der Waals surface area contributed by atoms with Crippen molar-refractivity contribution in [2.24, 2.45) is 0 Å². The van der Waals surface area contributed by atoms with E-state index < -0.39 is 24.3 Å². The Morgan fingerprint density at radius 3 is 1.00 bits per heavy atom. The number of aliphatic carboxylic acids is 1. The van der Waals surface area contributed by atoms with Crippen molar-refractivity contribution in [1.29, 1.82) is 0 Å². The SMILES string of the molecule is CC/C=C\C/C=C\C/C=C\C/C=C\C/C=C\C/C=C\C/C=C\C/C=C\CCCCCCC(=O)OC(COC(=O)CCCCCCCCCCCCCCCCCCCCC/C=C\C/C=C\CCCCCCC)COC(OCC[N+](C)(C)C)C(=O)O. The number of rotatable bonds is 63. The van der Waals surface area contributed by atoms with Gasteiger partial charge in [-0.3, -0.25) is 9.59 Å². The zero-order valence-electron chi connectivity index (χ0n) is 55.5. The summed E-state index contributed by atoms with van der Waals surface area (Å²) in [4.78, 5) is 37.6. The molecule has 0 saturated carbocycles. The smallest absolute Gasteiger partial charge is 0.361 e. The number of unbranched alkanes of at least 4 members (excludes halogenated alkanes) is 28. The van der Waals surface area contributed by atoms with Crippen LogP contribution in [0, 0.1) is 0 Å². The number of quaternary nitrogens is 1. The molecule has 0 aromatic carbocycles. The van der Waals surface area contributed by atoms with E-state index in [4.69, 9.17) is 18.9 Å². The molecule has 85 heavy (non-hydrogen) atoms. The maximum absolute atomic E-state index is 12.9. The number of allylic oxidation sites excluding steroid dienone is 20. The third-order valence-electron chi connectivity index (χ3n) is 14.7. The quantitative estimate of drug-likeness (QED) is 0.0211. The van der Waals surface area contributed by atoms with Crippen LogP contribution < -0.4 is 0 Å². The van der Waals surface area contributed by atoms with Crippen LogP contribution in [0.3, 0.4) is 0 Å². The summed E-state index contributed by atoms with van der Waals surface area (Å²) in [6.45, 7) is 4.73. The Balaban J connectivity index is 4.19. The lowest BCUT2D eigenvalue weighted by Gasteiger charge is -2.25. The Morgan fingerprint density at radius 1 is 0.365 bits per heavy atom. The summed E-state index contributed by atoms with van der Waals surface area (Å²) in [5, 5.41) is 9.74. The fourth-order valence-corrected chi connectivity index (χ4v) is 9.41. The van der Waals surface area contributed by atoms with E-state index in [0.29, 0.717) is 23.9 Å². The topological polar surface area (TPSA) is 108 Å². The van der Waals surface area contributed by atoms with Crippen molar-refractivity contribution in [3.8, 4) is 0 Å². The van der Waals surface area contributed by atoms with E-state index in [1.54, 1.807) is 0 Å². The van der Waals surface area contributed by atoms with Crippen LogP contribution >= 0.6 is 0 Å². The van der Waals surface area contributed by atoms with Crippen molar-refractivity contribution in [1.82, 2.24) is 0 Å². The van der Waals surface area contributed by atoms with Crippen LogP contribution in [-0.4, -0.2) is 87.4 Å². The van der Waals surface area contributed by atoms with Crippen molar-refractivity contribution in [3.63, 3.8) is 0 Å². The molecule has 9 heteroatoms. The maximum atomic E-state index is 12.9. The van der Waals surface area contributed by atoms with Crippen molar-refractivity contribution >= 4 is 17.9 Å². The lowest BCUT2D eigenvalue weighted by atomic mass is 10.0. The molecule has 0 aromatic rings. The van der Waals surface area contributed by atoms with Gasteiger partial charge < -0.3 is 28.5 Å². The number of carboxylic acid groups (broad SMARTS) is 1. The van der Waals surface area contributed by atoms with Gasteiger partial charge in [0, 0.05) is 12.8 Å². The van der Waals surface area contributed by atoms with Gasteiger partial charge >= 0.3 is 17.9 Å². The van der Waals surface area contributed by atoms with E-state index in [0.717, 1.165) is 103 Å². The van der Waals surface area contributed by atoms with Crippen LogP contribution in [-0.2, 0) is 33.3 Å². The number of carbonyl (C=O) groups excluding carboxylic acids is 2. The summed E-state index contributed by atoms with van der Waals surface area (Å²) in [6, 6.07) is 0. The Bertz CT molecular complexity index is 1810. The van der Waals surface area contributed by atoms with Crippen molar-refractivity contribution in [3.05, 3.63) is 122 Å². The minimum Gasteiger partial charge on any atom is -0.477 e. The van der Waals surface area contributed by atoms with Gasteiger partial charge in [0.2, 0.25) is 0 Å². The molecule has 2 atom stereocenters. The van der Waals surface area contributed by atoms with Crippen LogP contribution in [0.1, 0.15) is 284 Å². The number of esters is 2. The van der Waals surface area contributed by atoms with Gasteiger partial charge in [-0.1, -0.05) is 283 Å². The molecular formula is C76H130NO8+. The molecule has 0 aliphatic rings. The molecule has 0 amide bonds. The average Bonchev–Trinajstić information content (AvgIpc) is 3.48. The number of hydrogen-bond acceptors (Lipinski definition) is 7. The molecular weight excluding hydrogens is 1050 g/mol. The molecule has 0 heterocycles. The third-order valence-corrected chi connectivity index (χ3v) is 14.7. The van der Waals surface area contributed by atoms with Crippen molar-refractivity contribution in [2.75, 3.05) is 47.5 Å². The summed E-state index contributed by atoms with van der Waals surface area (Å²) in [7, 11) is 5.96. The lowest BCUT2D eigenvalue weighted by molar-refractivity contribution is -0.870. The number of nitrogens with zero attached hydrogens (tertiary/aromatic N) is 1. The summed E-state index contributed by atoms with van der Waals surface area (Å²) >= 11 is 0. The largest absolute Gasteiger partial charge is 0.477 e. The Kier molecular flexibility index (Phi) is 62.3. The molecule has 0 aromatic heterocycles. The fraction of sp³-hybridized carbons (Fsp3) is 0.697. The van der Waals surface area contributed by atoms with Gasteiger partial charge in [0.25, 0.3) is 6.29 Å². The third kappa shape index (κ3) is 67.1. The van der Waals surface area contributed by atoms with Crippen LogP contribution in [0.15, 0.2) is 122 Å². The van der Waals surface area contributed by atoms with E-state index >= 15 is 0 Å². The van der Waals surface area contributed by atoms with E-state index in [9.17, 15) is 19.5 Å². The lowest BCUT2D eigenvalue weighted by Crippen LogP contribution is -2.40. The molecule has 0 aliphatic heterocycles. The van der Waals surface area contributed by atoms with Gasteiger partial charge in [0.1, 0.15) is 13.2 Å². The number of ether oxygens (including phenoxy) is 4. The second-order valence-corrected chi connectivity index (χ2v) is 24.1. The van der Waals surface area contributed by atoms with Crippen molar-refractivity contribution in [2.45, 2.75) is 296 Å². The van der Waals surface area contributed by atoms with Crippen LogP contribution in [0.5, 0.6) is 0 Å². The number of carbonyl (C=O) groups is 3. The normalized spacial score (nSPS) is 13.5. The highest BCUT2D eigenvalue weighted by Gasteiger charge is 2.25. The highest BCUT2D eigenvalue weighted by Crippen LogP contribution is 2.17. The van der Waals surface area contributed by atoms with E-state index in [-0.39, 0.29) is 32.2 Å². The van der Waals surface area contributed by atoms with Crippen molar-refractivity contribution < 1.29 is 42.9 Å². The molecule has 0 rings (SSSR count). The first-order chi connectivity index (χ1) is 41.6. The second-order valence-electron chi connectivity index (χ2n) is 24.1. The van der Waals surface area contributed by atoms with Crippen LogP contribution in [0.2, 0.25) is 0 Å². The van der Waals surface area contributed by atoms with E-state index in [2.05, 4.69) is 135 Å². The average molecular weight is 1190 g/mol. The Labute approximate surface area is 523 Å². The molecule has 0 saturated heterocycles. The summed E-state index contributed by atoms with van der Waals surface area (Å²) in [6.07, 6.45) is 90.2. The highest BCUT2D eigenvalue weighted by atomic mass is 16.7. The van der Waals surface area contributed by atoms with Gasteiger partial charge in [-0.25, -0.2) is 4.79 Å². The molecule has 0 spiro atoms. The first kappa shape index (κ1) is 80.7. The molecule has 0 fully saturated rings. The van der Waals surface area contributed by atoms with Gasteiger partial charge in [0.05, 0.1) is 34.4 Å². The van der Waals surface area contributed by atoms with Gasteiger partial charge in [-0.2, -0.15) is 0 Å². The predicted molar refractivity (Wildman–Crippen MR) is 364 cm³/mol. The van der Waals surface area contributed by atoms with E-state index in [1.807, 2.05) is 21.1 Å². The minimum atomic E-state index is -1.53. The molecule has 1 N–H and O–H groups in total. The molecule has 0 bridgehead atoms. The Hall–Kier alpha value is -4.31. The first-order valence-corrected chi connectivity index (χ1v) is 34.7. The number of likely N-dealkylation sites (N-methyl/N-ethyl adjacent to an activating group) is 1. The van der Waals surface area contributed by atoms with Gasteiger partial charge in [-0.05, 0) is 109 Å². The molecule has 0 aliphatic carbocycles. The summed E-state index contributed by atoms with van der Waals surface area (Å²) < 4.78 is 22.9. The zero-order chi connectivity index (χ0) is 61.9. The maximum Gasteiger partial charge on any atom is 0.361 e. The first-order valence-electron chi connectivity index (χ1n) is 34.7. The van der Waals surface area contributed by atoms with Gasteiger partial charge in [0.15, 0.2) is 6.10 Å². The molecule has 2 unspecified atom stereocenters. The predicted octanol–water partition coefficient (Wildman–Crippen LogP) is 21.6. The fourth-order valence-electron chi connectivity index (χ4n) is 9.41. The minimum absolute atomic E-state index is 0.177. The standard InChI is InChI=1S/C76H129NO8/c1-6-8-10-12-14-16-18-20-22-24-26-28-30-32-34-36-37-39-40-42-44-46-48-50-52-54-56-58-60-62-64-66-73(78)83-70-72(71-84-76(75(80)81)82-69-68-77(3,4)5)85-74(79)67-65-63-61-59-57-55-53-51-49-47-45-43-41-38-35-33-31-29-27-25-23-21-19-17-15-13-11-9-7-2/h9,11,15,17-18,20-21,23-24,26-27,29,33,35,41,43,47,49,53,55,72,76H,6-8,10,12-14,16,19,22,25,28,30-32,34,36-40,42,44-46,48,50-52,54,56-71H2,1-5H3/p+1/b11-9-,17-15-,20-18-,23-21-,26-24-,29-27-,35-33-,43-41-,49-47-,55-53-. The van der Waals surface area contributed by atoms with Crippen LogP contribution in [0.4, 0.5) is 0 Å². The highest BCUT2D eigenvalue weighted by molar-refractivity contribution is 5.71. The molecule has 9 nitrogen and oxygen atoms in total. The monoisotopic (exact) mass is 1180 g/mol. The molecule has 0 radical (unpaired) electrons. The number of hydrogen-bond donors (Lipinski definition) is 1. The van der Waals surface area contributed by atoms with E-state index in [1.165, 1.54) is 148 Å². The molecule has 486 valence electrons. The Morgan fingerprint density at radius 2 is 0.671 bits per heavy atom.